The van der Waals surface area contributed by atoms with Crippen LogP contribution in [0.1, 0.15) is 0 Å². The molecule has 7 heteroatoms. The second-order valence-electron chi connectivity index (χ2n) is 2.76. The number of allylic oxidation sites excluding steroid dienone is 1. The molecule has 0 aromatic heterocycles. The average Bonchev–Trinajstić information content (AvgIpc) is 2.02. The number of carboxylic acid groups (broad SMARTS) is 1. The molecular formula is C7H8O6S. The zero-order valence-corrected chi connectivity index (χ0v) is 7.68. The number of aliphatic hydroxyl groups is 1. The Kier molecular flexibility index (Phi) is 2.74. The van der Waals surface area contributed by atoms with Crippen LogP contribution in [0.15, 0.2) is 23.1 Å². The van der Waals surface area contributed by atoms with Crippen molar-refractivity contribution in [2.75, 3.05) is 0 Å². The average molecular weight is 220 g/mol. The molecule has 3 N–H and O–H groups in total. The Bertz CT molecular complexity index is 404. The topological polar surface area (TPSA) is 112 Å². The highest BCUT2D eigenvalue weighted by Crippen LogP contribution is 2.20. The number of carbonyl (C=O) groups is 1. The summed E-state index contributed by atoms with van der Waals surface area (Å²) in [7, 11) is -4.42. The summed E-state index contributed by atoms with van der Waals surface area (Å²) in [6, 6.07) is 0. The van der Waals surface area contributed by atoms with Crippen molar-refractivity contribution in [2.45, 2.75) is 6.10 Å². The van der Waals surface area contributed by atoms with E-state index >= 15 is 0 Å². The molecule has 2 unspecified atom stereocenters. The molecule has 0 heterocycles. The van der Waals surface area contributed by atoms with Gasteiger partial charge in [-0.3, -0.25) is 9.35 Å². The van der Waals surface area contributed by atoms with Gasteiger partial charge in [0, 0.05) is 0 Å². The number of hydrogen-bond donors (Lipinski definition) is 3. The van der Waals surface area contributed by atoms with E-state index in [2.05, 4.69) is 0 Å². The molecule has 78 valence electrons. The zero-order valence-electron chi connectivity index (χ0n) is 6.86. The van der Waals surface area contributed by atoms with Crippen molar-refractivity contribution >= 4 is 16.1 Å². The van der Waals surface area contributed by atoms with E-state index in [1.807, 2.05) is 0 Å². The third-order valence-corrected chi connectivity index (χ3v) is 2.62. The Hall–Kier alpha value is -1.18. The minimum Gasteiger partial charge on any atom is -0.481 e. The Morgan fingerprint density at radius 2 is 2.00 bits per heavy atom. The number of aliphatic hydroxyl groups excluding tert-OH is 1. The molecule has 1 aliphatic rings. The number of carboxylic acids is 1. The summed E-state index contributed by atoms with van der Waals surface area (Å²) in [4.78, 5) is 10.0. The molecule has 2 atom stereocenters. The van der Waals surface area contributed by atoms with E-state index in [-0.39, 0.29) is 0 Å². The lowest BCUT2D eigenvalue weighted by Crippen LogP contribution is -2.27. The number of rotatable bonds is 2. The van der Waals surface area contributed by atoms with Crippen LogP contribution in [0.25, 0.3) is 0 Å². The van der Waals surface area contributed by atoms with Gasteiger partial charge in [0.15, 0.2) is 0 Å². The molecule has 0 radical (unpaired) electrons. The van der Waals surface area contributed by atoms with Crippen LogP contribution in [0.4, 0.5) is 0 Å². The van der Waals surface area contributed by atoms with Gasteiger partial charge in [-0.1, -0.05) is 6.08 Å². The minimum atomic E-state index is -4.42. The van der Waals surface area contributed by atoms with Crippen LogP contribution >= 0.6 is 0 Å². The van der Waals surface area contributed by atoms with E-state index in [0.717, 1.165) is 18.2 Å². The van der Waals surface area contributed by atoms with Crippen molar-refractivity contribution in [3.05, 3.63) is 23.1 Å². The first-order chi connectivity index (χ1) is 6.32. The Balaban J connectivity index is 3.09. The summed E-state index contributed by atoms with van der Waals surface area (Å²) < 4.78 is 29.9. The summed E-state index contributed by atoms with van der Waals surface area (Å²) in [5, 5.41) is 17.7. The number of hydrogen-bond acceptors (Lipinski definition) is 4. The molecular weight excluding hydrogens is 212 g/mol. The van der Waals surface area contributed by atoms with Crippen molar-refractivity contribution in [1.82, 2.24) is 0 Å². The van der Waals surface area contributed by atoms with Gasteiger partial charge in [-0.2, -0.15) is 8.42 Å². The van der Waals surface area contributed by atoms with Crippen LogP contribution in [-0.2, 0) is 14.9 Å². The van der Waals surface area contributed by atoms with Crippen molar-refractivity contribution in [2.24, 2.45) is 5.92 Å². The maximum absolute atomic E-state index is 10.6. The molecule has 0 aromatic rings. The van der Waals surface area contributed by atoms with Crippen molar-refractivity contribution < 1.29 is 28.0 Å². The van der Waals surface area contributed by atoms with Gasteiger partial charge in [0.05, 0.1) is 11.0 Å². The van der Waals surface area contributed by atoms with Crippen LogP contribution in [0.2, 0.25) is 0 Å². The monoisotopic (exact) mass is 220 g/mol. The predicted molar refractivity (Wildman–Crippen MR) is 45.9 cm³/mol. The highest BCUT2D eigenvalue weighted by molar-refractivity contribution is 7.90. The molecule has 0 aliphatic heterocycles. The van der Waals surface area contributed by atoms with Gasteiger partial charge in [0.25, 0.3) is 10.1 Å². The smallest absolute Gasteiger partial charge is 0.313 e. The second-order valence-corrected chi connectivity index (χ2v) is 4.18. The SMILES string of the molecule is O=C(O)C1C=C(S(=O)(=O)O)C=CC1O. The highest BCUT2D eigenvalue weighted by Gasteiger charge is 2.28. The number of aliphatic carboxylic acids is 1. The first kappa shape index (κ1) is 10.9. The lowest BCUT2D eigenvalue weighted by molar-refractivity contribution is -0.142. The van der Waals surface area contributed by atoms with Crippen LogP contribution in [0.5, 0.6) is 0 Å². The summed E-state index contributed by atoms with van der Waals surface area (Å²) in [6.45, 7) is 0. The van der Waals surface area contributed by atoms with Gasteiger partial charge >= 0.3 is 5.97 Å². The molecule has 1 aliphatic carbocycles. The fourth-order valence-corrected chi connectivity index (χ4v) is 1.60. The lowest BCUT2D eigenvalue weighted by atomic mass is 9.98. The molecule has 0 spiro atoms. The molecule has 0 amide bonds. The van der Waals surface area contributed by atoms with E-state index in [0.29, 0.717) is 0 Å². The zero-order chi connectivity index (χ0) is 10.9. The van der Waals surface area contributed by atoms with Gasteiger partial charge < -0.3 is 10.2 Å². The van der Waals surface area contributed by atoms with E-state index < -0.39 is 33.0 Å². The maximum Gasteiger partial charge on any atom is 0.313 e. The summed E-state index contributed by atoms with van der Waals surface area (Å²) in [5.41, 5.74) is 0. The highest BCUT2D eigenvalue weighted by atomic mass is 32.2. The van der Waals surface area contributed by atoms with Crippen LogP contribution in [-0.4, -0.2) is 35.3 Å². The molecule has 0 aromatic carbocycles. The van der Waals surface area contributed by atoms with Gasteiger partial charge in [-0.05, 0) is 12.2 Å². The first-order valence-electron chi connectivity index (χ1n) is 3.61. The second kappa shape index (κ2) is 3.52. The molecule has 0 saturated carbocycles. The van der Waals surface area contributed by atoms with Crippen molar-refractivity contribution in [3.63, 3.8) is 0 Å². The van der Waals surface area contributed by atoms with Crippen LogP contribution < -0.4 is 0 Å². The van der Waals surface area contributed by atoms with Crippen LogP contribution in [0, 0.1) is 5.92 Å². The van der Waals surface area contributed by atoms with Gasteiger partial charge in [0.1, 0.15) is 5.92 Å². The lowest BCUT2D eigenvalue weighted by Gasteiger charge is -2.16. The molecule has 0 saturated heterocycles. The fourth-order valence-electron chi connectivity index (χ4n) is 1.03. The van der Waals surface area contributed by atoms with Crippen LogP contribution in [0.3, 0.4) is 0 Å². The van der Waals surface area contributed by atoms with E-state index in [9.17, 15) is 13.2 Å². The first-order valence-corrected chi connectivity index (χ1v) is 5.05. The maximum atomic E-state index is 10.6. The summed E-state index contributed by atoms with van der Waals surface area (Å²) in [5.74, 6) is -2.71. The standard InChI is InChI=1S/C7H8O6S/c8-6-2-1-4(14(11,12)13)3-5(6)7(9)10/h1-3,5-6,8H,(H,9,10)(H,11,12,13). The minimum absolute atomic E-state index is 0.518. The Morgan fingerprint density at radius 3 is 2.43 bits per heavy atom. The Morgan fingerprint density at radius 1 is 1.43 bits per heavy atom. The van der Waals surface area contributed by atoms with Gasteiger partial charge in [-0.25, -0.2) is 0 Å². The largest absolute Gasteiger partial charge is 0.481 e. The van der Waals surface area contributed by atoms with E-state index in [1.54, 1.807) is 0 Å². The molecule has 1 rings (SSSR count). The van der Waals surface area contributed by atoms with Crippen molar-refractivity contribution in [3.8, 4) is 0 Å². The third kappa shape index (κ3) is 2.19. The van der Waals surface area contributed by atoms with Crippen molar-refractivity contribution in [1.29, 1.82) is 0 Å². The Labute approximate surface area is 79.9 Å². The molecule has 6 nitrogen and oxygen atoms in total. The normalized spacial score (nSPS) is 27.1. The molecule has 14 heavy (non-hydrogen) atoms. The summed E-state index contributed by atoms with van der Waals surface area (Å²) in [6.07, 6.45) is 1.47. The third-order valence-electron chi connectivity index (χ3n) is 1.75. The van der Waals surface area contributed by atoms with Gasteiger partial charge in [0.2, 0.25) is 0 Å². The van der Waals surface area contributed by atoms with E-state index in [1.165, 1.54) is 0 Å². The van der Waals surface area contributed by atoms with Gasteiger partial charge in [-0.15, -0.1) is 0 Å². The predicted octanol–water partition coefficient (Wildman–Crippen LogP) is -0.610. The van der Waals surface area contributed by atoms with E-state index in [4.69, 9.17) is 14.8 Å². The fraction of sp³-hybridized carbons (Fsp3) is 0.286. The molecule has 0 fully saturated rings. The summed E-state index contributed by atoms with van der Waals surface area (Å²) >= 11 is 0. The molecule has 0 bridgehead atoms. The quantitative estimate of drug-likeness (QED) is 0.535.